The van der Waals surface area contributed by atoms with Crippen LogP contribution in [-0.2, 0) is 0 Å². The van der Waals surface area contributed by atoms with Crippen LogP contribution in [0.2, 0.25) is 0 Å². The molecule has 1 atom stereocenters. The summed E-state index contributed by atoms with van der Waals surface area (Å²) in [6, 6.07) is 14.2. The van der Waals surface area contributed by atoms with E-state index in [-0.39, 0.29) is 12.4 Å². The van der Waals surface area contributed by atoms with E-state index >= 15 is 0 Å². The van der Waals surface area contributed by atoms with Gasteiger partial charge in [-0.3, -0.25) is 0 Å². The first-order valence-corrected chi connectivity index (χ1v) is 5.81. The molecule has 0 saturated heterocycles. The zero-order valence-corrected chi connectivity index (χ0v) is 10.2. The standard InChI is InChI=1S/C15H16O3/c1-11-4-2-7-14(8-11)18-10-15(17)12-5-3-6-13(16)9-12/h2-9,15-17H,10H2,1H3. The number of hydrogen-bond donors (Lipinski definition) is 2. The zero-order chi connectivity index (χ0) is 13.0. The molecule has 1 unspecified atom stereocenters. The number of benzene rings is 2. The van der Waals surface area contributed by atoms with E-state index in [0.717, 1.165) is 11.3 Å². The molecule has 3 heteroatoms. The van der Waals surface area contributed by atoms with E-state index in [9.17, 15) is 10.2 Å². The molecule has 0 amide bonds. The van der Waals surface area contributed by atoms with Crippen LogP contribution in [0.4, 0.5) is 0 Å². The summed E-state index contributed by atoms with van der Waals surface area (Å²) in [7, 11) is 0. The Hall–Kier alpha value is -2.00. The van der Waals surface area contributed by atoms with E-state index in [1.54, 1.807) is 18.2 Å². The summed E-state index contributed by atoms with van der Waals surface area (Å²) < 4.78 is 5.51. The van der Waals surface area contributed by atoms with Crippen LogP contribution in [0.1, 0.15) is 17.2 Å². The Balaban J connectivity index is 1.98. The van der Waals surface area contributed by atoms with Crippen molar-refractivity contribution in [3.05, 3.63) is 59.7 Å². The molecule has 0 radical (unpaired) electrons. The van der Waals surface area contributed by atoms with E-state index in [2.05, 4.69) is 0 Å². The van der Waals surface area contributed by atoms with Crippen LogP contribution in [0.15, 0.2) is 48.5 Å². The molecule has 0 aliphatic rings. The number of rotatable bonds is 4. The Morgan fingerprint density at radius 1 is 1.11 bits per heavy atom. The minimum Gasteiger partial charge on any atom is -0.508 e. The second-order valence-corrected chi connectivity index (χ2v) is 4.24. The predicted octanol–water partition coefficient (Wildman–Crippen LogP) is 2.81. The molecule has 2 aromatic carbocycles. The number of phenols is 1. The van der Waals surface area contributed by atoms with Crippen molar-refractivity contribution in [3.63, 3.8) is 0 Å². The molecule has 2 N–H and O–H groups in total. The number of aryl methyl sites for hydroxylation is 1. The summed E-state index contributed by atoms with van der Waals surface area (Å²) in [6.07, 6.45) is -0.752. The van der Waals surface area contributed by atoms with Gasteiger partial charge in [0, 0.05) is 0 Å². The van der Waals surface area contributed by atoms with Gasteiger partial charge in [-0.25, -0.2) is 0 Å². The van der Waals surface area contributed by atoms with Crippen LogP contribution in [0.25, 0.3) is 0 Å². The molecule has 0 saturated carbocycles. The molecule has 0 aliphatic heterocycles. The van der Waals surface area contributed by atoms with Gasteiger partial charge in [0.2, 0.25) is 0 Å². The minimum atomic E-state index is -0.752. The topological polar surface area (TPSA) is 49.7 Å². The Kier molecular flexibility index (Phi) is 3.85. The molecule has 0 fully saturated rings. The molecule has 0 aliphatic carbocycles. The van der Waals surface area contributed by atoms with Crippen LogP contribution in [0.5, 0.6) is 11.5 Å². The Morgan fingerprint density at radius 3 is 2.61 bits per heavy atom. The number of ether oxygens (including phenoxy) is 1. The normalized spacial score (nSPS) is 12.1. The highest BCUT2D eigenvalue weighted by Gasteiger charge is 2.09. The molecule has 3 nitrogen and oxygen atoms in total. The average molecular weight is 244 g/mol. The fourth-order valence-corrected chi connectivity index (χ4v) is 1.71. The number of hydrogen-bond acceptors (Lipinski definition) is 3. The van der Waals surface area contributed by atoms with Gasteiger partial charge in [-0.1, -0.05) is 24.3 Å². The van der Waals surface area contributed by atoms with Crippen LogP contribution in [0, 0.1) is 6.92 Å². The monoisotopic (exact) mass is 244 g/mol. The molecule has 0 aromatic heterocycles. The second-order valence-electron chi connectivity index (χ2n) is 4.24. The number of aliphatic hydroxyl groups is 1. The SMILES string of the molecule is Cc1cccc(OCC(O)c2cccc(O)c2)c1. The average Bonchev–Trinajstić information content (AvgIpc) is 2.36. The van der Waals surface area contributed by atoms with E-state index < -0.39 is 6.10 Å². The summed E-state index contributed by atoms with van der Waals surface area (Å²) >= 11 is 0. The van der Waals surface area contributed by atoms with E-state index in [1.165, 1.54) is 6.07 Å². The highest BCUT2D eigenvalue weighted by atomic mass is 16.5. The highest BCUT2D eigenvalue weighted by Crippen LogP contribution is 2.20. The quantitative estimate of drug-likeness (QED) is 0.869. The molecular formula is C15H16O3. The van der Waals surface area contributed by atoms with Gasteiger partial charge in [-0.2, -0.15) is 0 Å². The van der Waals surface area contributed by atoms with Crippen LogP contribution >= 0.6 is 0 Å². The van der Waals surface area contributed by atoms with Crippen LogP contribution in [-0.4, -0.2) is 16.8 Å². The van der Waals surface area contributed by atoms with Gasteiger partial charge in [0.25, 0.3) is 0 Å². The molecule has 2 rings (SSSR count). The van der Waals surface area contributed by atoms with Crippen molar-refractivity contribution in [2.45, 2.75) is 13.0 Å². The van der Waals surface area contributed by atoms with Gasteiger partial charge in [0.05, 0.1) is 0 Å². The molecule has 0 bridgehead atoms. The first-order valence-electron chi connectivity index (χ1n) is 5.81. The zero-order valence-electron chi connectivity index (χ0n) is 10.2. The number of aromatic hydroxyl groups is 1. The third-order valence-electron chi connectivity index (χ3n) is 2.65. The van der Waals surface area contributed by atoms with Gasteiger partial charge in [0.1, 0.15) is 24.2 Å². The van der Waals surface area contributed by atoms with Crippen LogP contribution in [0.3, 0.4) is 0 Å². The van der Waals surface area contributed by atoms with E-state index in [4.69, 9.17) is 4.74 Å². The van der Waals surface area contributed by atoms with Crippen molar-refractivity contribution in [2.24, 2.45) is 0 Å². The van der Waals surface area contributed by atoms with Crippen LogP contribution < -0.4 is 4.74 Å². The fraction of sp³-hybridized carbons (Fsp3) is 0.200. The van der Waals surface area contributed by atoms with Crippen molar-refractivity contribution >= 4 is 0 Å². The lowest BCUT2D eigenvalue weighted by Crippen LogP contribution is -2.09. The predicted molar refractivity (Wildman–Crippen MR) is 69.7 cm³/mol. The maximum absolute atomic E-state index is 9.94. The summed E-state index contributed by atoms with van der Waals surface area (Å²) in [5.41, 5.74) is 1.75. The molecule has 0 spiro atoms. The smallest absolute Gasteiger partial charge is 0.119 e. The maximum Gasteiger partial charge on any atom is 0.119 e. The number of phenolic OH excluding ortho intramolecular Hbond substituents is 1. The summed E-state index contributed by atoms with van der Waals surface area (Å²) in [4.78, 5) is 0. The molecule has 0 heterocycles. The summed E-state index contributed by atoms with van der Waals surface area (Å²) in [5.74, 6) is 0.872. The van der Waals surface area contributed by atoms with Gasteiger partial charge >= 0.3 is 0 Å². The third kappa shape index (κ3) is 3.25. The van der Waals surface area contributed by atoms with E-state index in [1.807, 2.05) is 31.2 Å². The number of aliphatic hydroxyl groups excluding tert-OH is 1. The molecule has 2 aromatic rings. The van der Waals surface area contributed by atoms with Crippen molar-refractivity contribution in [2.75, 3.05) is 6.61 Å². The first-order chi connectivity index (χ1) is 8.65. The van der Waals surface area contributed by atoms with Crippen molar-refractivity contribution < 1.29 is 14.9 Å². The molecule has 18 heavy (non-hydrogen) atoms. The maximum atomic E-state index is 9.94. The third-order valence-corrected chi connectivity index (χ3v) is 2.65. The highest BCUT2D eigenvalue weighted by molar-refractivity contribution is 5.30. The van der Waals surface area contributed by atoms with Gasteiger partial charge < -0.3 is 14.9 Å². The fourth-order valence-electron chi connectivity index (χ4n) is 1.71. The van der Waals surface area contributed by atoms with Crippen molar-refractivity contribution in [1.82, 2.24) is 0 Å². The molecule has 94 valence electrons. The first kappa shape index (κ1) is 12.5. The lowest BCUT2D eigenvalue weighted by atomic mass is 10.1. The van der Waals surface area contributed by atoms with Crippen molar-refractivity contribution in [3.8, 4) is 11.5 Å². The lowest BCUT2D eigenvalue weighted by Gasteiger charge is -2.13. The van der Waals surface area contributed by atoms with Gasteiger partial charge in [-0.05, 0) is 42.3 Å². The summed E-state index contributed by atoms with van der Waals surface area (Å²) in [6.45, 7) is 2.14. The Bertz CT molecular complexity index is 523. The second kappa shape index (κ2) is 5.56. The Morgan fingerprint density at radius 2 is 1.89 bits per heavy atom. The van der Waals surface area contributed by atoms with Gasteiger partial charge in [0.15, 0.2) is 0 Å². The van der Waals surface area contributed by atoms with Crippen molar-refractivity contribution in [1.29, 1.82) is 0 Å². The van der Waals surface area contributed by atoms with E-state index in [0.29, 0.717) is 5.56 Å². The van der Waals surface area contributed by atoms with Gasteiger partial charge in [-0.15, -0.1) is 0 Å². The lowest BCUT2D eigenvalue weighted by molar-refractivity contribution is 0.108. The Labute approximate surface area is 106 Å². The largest absolute Gasteiger partial charge is 0.508 e. The summed E-state index contributed by atoms with van der Waals surface area (Å²) in [5, 5.41) is 19.3. The minimum absolute atomic E-state index is 0.141. The molecular weight excluding hydrogens is 228 g/mol.